The molecule has 0 aliphatic heterocycles. The summed E-state index contributed by atoms with van der Waals surface area (Å²) in [6.45, 7) is 1.34. The van der Waals surface area contributed by atoms with E-state index >= 15 is 0 Å². The molecule has 1 N–H and O–H groups in total. The van der Waals surface area contributed by atoms with Crippen molar-refractivity contribution in [3.8, 4) is 5.75 Å². The van der Waals surface area contributed by atoms with E-state index in [0.29, 0.717) is 11.4 Å². The van der Waals surface area contributed by atoms with Crippen molar-refractivity contribution in [2.45, 2.75) is 11.4 Å². The van der Waals surface area contributed by atoms with Crippen LogP contribution < -0.4 is 9.64 Å². The minimum atomic E-state index is -3.24. The Morgan fingerprint density at radius 1 is 1.04 bits per heavy atom. The standard InChI is InChI=1S/C17H20BrNO3S/c1-19(13-14-3-7-16(22-2)8-4-14)11-12-23(20,21)17-9-5-15(18)6-10-17/h3-10H,11-13H2,1-2H3/p+1. The van der Waals surface area contributed by atoms with Crippen LogP contribution >= 0.6 is 15.9 Å². The number of ether oxygens (including phenoxy) is 1. The Morgan fingerprint density at radius 2 is 1.65 bits per heavy atom. The van der Waals surface area contributed by atoms with Crippen LogP contribution in [0.1, 0.15) is 5.56 Å². The van der Waals surface area contributed by atoms with Crippen molar-refractivity contribution in [3.63, 3.8) is 0 Å². The van der Waals surface area contributed by atoms with Gasteiger partial charge in [0.15, 0.2) is 9.84 Å². The molecule has 2 aromatic carbocycles. The summed E-state index contributed by atoms with van der Waals surface area (Å²) in [6.07, 6.45) is 0. The predicted octanol–water partition coefficient (Wildman–Crippen LogP) is 1.95. The normalized spacial score (nSPS) is 12.8. The Hall–Kier alpha value is -1.37. The highest BCUT2D eigenvalue weighted by Gasteiger charge is 2.17. The first-order valence-electron chi connectivity index (χ1n) is 7.33. The highest BCUT2D eigenvalue weighted by molar-refractivity contribution is 9.10. The monoisotopic (exact) mass is 398 g/mol. The summed E-state index contributed by atoms with van der Waals surface area (Å²) in [5.41, 5.74) is 1.16. The molecule has 0 aliphatic rings. The van der Waals surface area contributed by atoms with E-state index in [-0.39, 0.29) is 5.75 Å². The van der Waals surface area contributed by atoms with Gasteiger partial charge < -0.3 is 9.64 Å². The maximum Gasteiger partial charge on any atom is 0.183 e. The van der Waals surface area contributed by atoms with Crippen LogP contribution in [0.2, 0.25) is 0 Å². The lowest BCUT2D eigenvalue weighted by atomic mass is 10.2. The number of benzene rings is 2. The van der Waals surface area contributed by atoms with E-state index in [1.165, 1.54) is 0 Å². The molecule has 4 nitrogen and oxygen atoms in total. The van der Waals surface area contributed by atoms with Gasteiger partial charge in [0.1, 0.15) is 18.0 Å². The van der Waals surface area contributed by atoms with E-state index in [2.05, 4.69) is 15.9 Å². The van der Waals surface area contributed by atoms with Gasteiger partial charge >= 0.3 is 0 Å². The summed E-state index contributed by atoms with van der Waals surface area (Å²) >= 11 is 3.31. The quantitative estimate of drug-likeness (QED) is 0.775. The number of halogens is 1. The van der Waals surface area contributed by atoms with E-state index in [4.69, 9.17) is 4.74 Å². The van der Waals surface area contributed by atoms with Crippen molar-refractivity contribution >= 4 is 25.8 Å². The van der Waals surface area contributed by atoms with Gasteiger partial charge in [-0.25, -0.2) is 8.42 Å². The van der Waals surface area contributed by atoms with E-state index in [1.54, 1.807) is 31.4 Å². The SMILES string of the molecule is COc1ccc(C[NH+](C)CCS(=O)(=O)c2ccc(Br)cc2)cc1. The van der Waals surface area contributed by atoms with Gasteiger partial charge in [-0.15, -0.1) is 0 Å². The molecule has 2 aromatic rings. The summed E-state index contributed by atoms with van der Waals surface area (Å²) < 4.78 is 30.7. The fourth-order valence-corrected chi connectivity index (χ4v) is 3.92. The smallest absolute Gasteiger partial charge is 0.183 e. The zero-order chi connectivity index (χ0) is 16.9. The van der Waals surface area contributed by atoms with Gasteiger partial charge in [0.25, 0.3) is 0 Å². The lowest BCUT2D eigenvalue weighted by molar-refractivity contribution is -0.891. The topological polar surface area (TPSA) is 47.8 Å². The maximum atomic E-state index is 12.3. The Balaban J connectivity index is 1.92. The molecular weight excluding hydrogens is 378 g/mol. The fraction of sp³-hybridized carbons (Fsp3) is 0.294. The van der Waals surface area contributed by atoms with Crippen LogP contribution in [0, 0.1) is 0 Å². The van der Waals surface area contributed by atoms with E-state index < -0.39 is 9.84 Å². The Labute approximate surface area is 146 Å². The Bertz CT molecular complexity index is 727. The van der Waals surface area contributed by atoms with Gasteiger partial charge in [0, 0.05) is 10.0 Å². The van der Waals surface area contributed by atoms with Crippen LogP contribution in [0.15, 0.2) is 57.9 Å². The summed E-state index contributed by atoms with van der Waals surface area (Å²) in [5.74, 6) is 0.959. The zero-order valence-corrected chi connectivity index (χ0v) is 15.7. The molecule has 0 aliphatic carbocycles. The molecule has 6 heteroatoms. The number of methoxy groups -OCH3 is 1. The number of hydrogen-bond acceptors (Lipinski definition) is 3. The molecule has 124 valence electrons. The number of sulfone groups is 1. The molecule has 0 radical (unpaired) electrons. The van der Waals surface area contributed by atoms with Crippen molar-refractivity contribution in [1.82, 2.24) is 0 Å². The van der Waals surface area contributed by atoms with Crippen LogP contribution in [-0.4, -0.2) is 34.9 Å². The highest BCUT2D eigenvalue weighted by atomic mass is 79.9. The number of hydrogen-bond donors (Lipinski definition) is 1. The first-order valence-corrected chi connectivity index (χ1v) is 9.78. The lowest BCUT2D eigenvalue weighted by Crippen LogP contribution is -3.08. The largest absolute Gasteiger partial charge is 0.497 e. The van der Waals surface area contributed by atoms with Gasteiger partial charge in [-0.2, -0.15) is 0 Å². The van der Waals surface area contributed by atoms with E-state index in [9.17, 15) is 8.42 Å². The van der Waals surface area contributed by atoms with Crippen LogP contribution in [0.3, 0.4) is 0 Å². The average molecular weight is 399 g/mol. The second kappa shape index (κ2) is 7.95. The molecule has 0 saturated carbocycles. The lowest BCUT2D eigenvalue weighted by Gasteiger charge is -2.14. The van der Waals surface area contributed by atoms with Crippen LogP contribution in [0.25, 0.3) is 0 Å². The molecule has 1 atom stereocenters. The molecule has 0 heterocycles. The van der Waals surface area contributed by atoms with E-state index in [0.717, 1.165) is 27.2 Å². The average Bonchev–Trinajstić information content (AvgIpc) is 2.54. The van der Waals surface area contributed by atoms with Crippen molar-refractivity contribution < 1.29 is 18.1 Å². The molecule has 0 saturated heterocycles. The van der Waals surface area contributed by atoms with Crippen LogP contribution in [0.4, 0.5) is 0 Å². The summed E-state index contributed by atoms with van der Waals surface area (Å²) in [4.78, 5) is 1.52. The molecule has 0 fully saturated rings. The molecule has 23 heavy (non-hydrogen) atoms. The van der Waals surface area contributed by atoms with Gasteiger partial charge in [-0.3, -0.25) is 0 Å². The molecule has 0 bridgehead atoms. The fourth-order valence-electron chi connectivity index (χ4n) is 2.25. The molecule has 0 amide bonds. The predicted molar refractivity (Wildman–Crippen MR) is 94.6 cm³/mol. The molecular formula is C17H21BrNO3S+. The molecule has 2 rings (SSSR count). The van der Waals surface area contributed by atoms with Crippen molar-refractivity contribution in [2.24, 2.45) is 0 Å². The number of quaternary nitrogens is 1. The summed E-state index contributed by atoms with van der Waals surface area (Å²) in [6, 6.07) is 14.6. The Morgan fingerprint density at radius 3 is 2.22 bits per heavy atom. The first kappa shape index (κ1) is 18.0. The maximum absolute atomic E-state index is 12.3. The third-order valence-corrected chi connectivity index (χ3v) is 5.90. The highest BCUT2D eigenvalue weighted by Crippen LogP contribution is 2.15. The van der Waals surface area contributed by atoms with Crippen LogP contribution in [-0.2, 0) is 16.4 Å². The van der Waals surface area contributed by atoms with Crippen molar-refractivity contribution in [1.29, 1.82) is 0 Å². The number of rotatable bonds is 7. The van der Waals surface area contributed by atoms with Gasteiger partial charge in [-0.05, 0) is 48.5 Å². The summed E-state index contributed by atoms with van der Waals surface area (Å²) in [7, 11) is 0.403. The Kier molecular flexibility index (Phi) is 6.21. The van der Waals surface area contributed by atoms with Gasteiger partial charge in [0.2, 0.25) is 0 Å². The summed E-state index contributed by atoms with van der Waals surface area (Å²) in [5, 5.41) is 0. The minimum absolute atomic E-state index is 0.136. The van der Waals surface area contributed by atoms with Crippen molar-refractivity contribution in [2.75, 3.05) is 26.5 Å². The van der Waals surface area contributed by atoms with Crippen molar-refractivity contribution in [3.05, 3.63) is 58.6 Å². The third-order valence-electron chi connectivity index (χ3n) is 3.64. The number of nitrogens with one attached hydrogen (secondary N) is 1. The van der Waals surface area contributed by atoms with Gasteiger partial charge in [-0.1, -0.05) is 15.9 Å². The molecule has 0 aromatic heterocycles. The zero-order valence-electron chi connectivity index (χ0n) is 13.3. The van der Waals surface area contributed by atoms with E-state index in [1.807, 2.05) is 31.3 Å². The second-order valence-electron chi connectivity index (χ2n) is 5.50. The van der Waals surface area contributed by atoms with Crippen LogP contribution in [0.5, 0.6) is 5.75 Å². The molecule has 0 spiro atoms. The second-order valence-corrected chi connectivity index (χ2v) is 8.53. The molecule has 1 unspecified atom stereocenters. The minimum Gasteiger partial charge on any atom is -0.497 e. The third kappa shape index (κ3) is 5.34. The first-order chi connectivity index (χ1) is 10.9. The van der Waals surface area contributed by atoms with Gasteiger partial charge in [0.05, 0.1) is 25.6 Å².